The lowest BCUT2D eigenvalue weighted by molar-refractivity contribution is -0.142. The highest BCUT2D eigenvalue weighted by Gasteiger charge is 2.21. The molecule has 0 aliphatic carbocycles. The summed E-state index contributed by atoms with van der Waals surface area (Å²) in [5, 5.41) is 4.61. The Morgan fingerprint density at radius 2 is 1.94 bits per heavy atom. The van der Waals surface area contributed by atoms with Crippen LogP contribution in [0.5, 0.6) is 0 Å². The second-order valence-electron chi connectivity index (χ2n) is 3.52. The van der Waals surface area contributed by atoms with E-state index in [1.807, 2.05) is 0 Å². The van der Waals surface area contributed by atoms with Crippen LogP contribution in [0.15, 0.2) is 0 Å². The van der Waals surface area contributed by atoms with Crippen LogP contribution in [-0.4, -0.2) is 56.1 Å². The minimum Gasteiger partial charge on any atom is -0.468 e. The fourth-order valence-corrected chi connectivity index (χ4v) is 1.03. The summed E-state index contributed by atoms with van der Waals surface area (Å²) in [7, 11) is 2.87. The molecule has 7 heteroatoms. The summed E-state index contributed by atoms with van der Waals surface area (Å²) in [4.78, 5) is 35.2. The quantitative estimate of drug-likeness (QED) is 0.627. The Bertz CT molecular complexity index is 293. The number of imide groups is 1. The number of methoxy groups -OCH3 is 1. The fourth-order valence-electron chi connectivity index (χ4n) is 1.03. The summed E-state index contributed by atoms with van der Waals surface area (Å²) >= 11 is 0. The van der Waals surface area contributed by atoms with Crippen molar-refractivity contribution in [2.24, 2.45) is 0 Å². The molecule has 17 heavy (non-hydrogen) atoms. The molecule has 0 fully saturated rings. The summed E-state index contributed by atoms with van der Waals surface area (Å²) in [6, 6.07) is -1.15. The van der Waals surface area contributed by atoms with Crippen molar-refractivity contribution >= 4 is 17.9 Å². The maximum Gasteiger partial charge on any atom is 0.321 e. The maximum atomic E-state index is 11.6. The van der Waals surface area contributed by atoms with E-state index >= 15 is 0 Å². The van der Waals surface area contributed by atoms with Crippen molar-refractivity contribution in [3.05, 3.63) is 0 Å². The predicted molar refractivity (Wildman–Crippen MR) is 61.3 cm³/mol. The van der Waals surface area contributed by atoms with Crippen LogP contribution in [0.3, 0.4) is 0 Å². The van der Waals surface area contributed by atoms with Crippen LogP contribution in [0.1, 0.15) is 13.8 Å². The molecule has 0 radical (unpaired) electrons. The van der Waals surface area contributed by atoms with E-state index in [4.69, 9.17) is 0 Å². The van der Waals surface area contributed by atoms with Crippen LogP contribution in [0, 0.1) is 0 Å². The summed E-state index contributed by atoms with van der Waals surface area (Å²) in [6.07, 6.45) is 0. The number of rotatable bonds is 5. The molecule has 1 unspecified atom stereocenters. The van der Waals surface area contributed by atoms with Gasteiger partial charge in [0.2, 0.25) is 5.91 Å². The number of likely N-dealkylation sites (N-methyl/N-ethyl adjacent to an activating group) is 1. The molecular weight excluding hydrogens is 226 g/mol. The normalized spacial score (nSPS) is 11.8. The van der Waals surface area contributed by atoms with Crippen molar-refractivity contribution in [3.8, 4) is 0 Å². The van der Waals surface area contributed by atoms with Gasteiger partial charge in [-0.1, -0.05) is 0 Å². The first-order valence-corrected chi connectivity index (χ1v) is 5.28. The third kappa shape index (κ3) is 5.86. The highest BCUT2D eigenvalue weighted by molar-refractivity contribution is 5.96. The molecule has 0 rings (SSSR count). The number of carbonyl (C=O) groups is 3. The highest BCUT2D eigenvalue weighted by atomic mass is 16.5. The molecule has 0 aromatic heterocycles. The van der Waals surface area contributed by atoms with Gasteiger partial charge in [-0.2, -0.15) is 0 Å². The molecule has 0 heterocycles. The topological polar surface area (TPSA) is 87.7 Å². The number of hydrogen-bond donors (Lipinski definition) is 2. The molecule has 2 N–H and O–H groups in total. The molecule has 7 nitrogen and oxygen atoms in total. The van der Waals surface area contributed by atoms with Crippen molar-refractivity contribution in [1.29, 1.82) is 0 Å². The van der Waals surface area contributed by atoms with E-state index in [2.05, 4.69) is 15.4 Å². The van der Waals surface area contributed by atoms with Gasteiger partial charge in [-0.25, -0.2) is 4.79 Å². The average molecular weight is 245 g/mol. The summed E-state index contributed by atoms with van der Waals surface area (Å²) in [5.41, 5.74) is 0. The van der Waals surface area contributed by atoms with Crippen LogP contribution in [0.2, 0.25) is 0 Å². The third-order valence-corrected chi connectivity index (χ3v) is 2.22. The number of nitrogens with one attached hydrogen (secondary N) is 2. The molecule has 0 bridgehead atoms. The van der Waals surface area contributed by atoms with Gasteiger partial charge < -0.3 is 10.1 Å². The van der Waals surface area contributed by atoms with Crippen LogP contribution < -0.4 is 10.6 Å². The first-order chi connectivity index (χ1) is 7.92. The van der Waals surface area contributed by atoms with E-state index in [9.17, 15) is 14.4 Å². The van der Waals surface area contributed by atoms with Gasteiger partial charge in [0.15, 0.2) is 0 Å². The van der Waals surface area contributed by atoms with Crippen LogP contribution in [0.25, 0.3) is 0 Å². The molecule has 0 saturated heterocycles. The molecule has 0 aromatic carbocycles. The standard InChI is InChI=1S/C10H19N3O4/c1-5-11-10(16)12-9(15)7(2)13(3)6-8(14)17-4/h7H,5-6H2,1-4H3,(H2,11,12,15,16). The number of carbonyl (C=O) groups excluding carboxylic acids is 3. The number of nitrogens with zero attached hydrogens (tertiary/aromatic N) is 1. The zero-order valence-corrected chi connectivity index (χ0v) is 10.6. The van der Waals surface area contributed by atoms with E-state index in [0.29, 0.717) is 6.54 Å². The zero-order chi connectivity index (χ0) is 13.4. The van der Waals surface area contributed by atoms with Crippen molar-refractivity contribution in [3.63, 3.8) is 0 Å². The number of esters is 1. The van der Waals surface area contributed by atoms with Gasteiger partial charge >= 0.3 is 12.0 Å². The third-order valence-electron chi connectivity index (χ3n) is 2.22. The second-order valence-corrected chi connectivity index (χ2v) is 3.52. The molecule has 0 saturated carbocycles. The molecule has 98 valence electrons. The van der Waals surface area contributed by atoms with E-state index in [0.717, 1.165) is 0 Å². The number of ether oxygens (including phenoxy) is 1. The monoisotopic (exact) mass is 245 g/mol. The maximum absolute atomic E-state index is 11.6. The summed E-state index contributed by atoms with van der Waals surface area (Å²) in [6.45, 7) is 3.76. The lowest BCUT2D eigenvalue weighted by atomic mass is 10.3. The van der Waals surface area contributed by atoms with Gasteiger partial charge in [-0.3, -0.25) is 19.8 Å². The van der Waals surface area contributed by atoms with Gasteiger partial charge in [-0.15, -0.1) is 0 Å². The lowest BCUT2D eigenvalue weighted by Gasteiger charge is -2.22. The Hall–Kier alpha value is -1.63. The number of urea groups is 1. The second kappa shape index (κ2) is 7.61. The van der Waals surface area contributed by atoms with Crippen molar-refractivity contribution in [2.75, 3.05) is 27.2 Å². The van der Waals surface area contributed by atoms with Gasteiger partial charge in [0.1, 0.15) is 0 Å². The van der Waals surface area contributed by atoms with Crippen LogP contribution in [0.4, 0.5) is 4.79 Å². The average Bonchev–Trinajstić information content (AvgIpc) is 2.27. The summed E-state index contributed by atoms with van der Waals surface area (Å²) < 4.78 is 4.48. The molecule has 1 atom stereocenters. The van der Waals surface area contributed by atoms with Crippen molar-refractivity contribution < 1.29 is 19.1 Å². The highest BCUT2D eigenvalue weighted by Crippen LogP contribution is 1.96. The van der Waals surface area contributed by atoms with Crippen LogP contribution >= 0.6 is 0 Å². The Morgan fingerprint density at radius 1 is 1.35 bits per heavy atom. The first kappa shape index (κ1) is 15.4. The van der Waals surface area contributed by atoms with E-state index in [-0.39, 0.29) is 6.54 Å². The molecule has 0 aliphatic rings. The van der Waals surface area contributed by atoms with Gasteiger partial charge in [0.25, 0.3) is 0 Å². The predicted octanol–water partition coefficient (Wildman–Crippen LogP) is -0.675. The minimum absolute atomic E-state index is 0.0134. The Balaban J connectivity index is 4.20. The molecule has 3 amide bonds. The first-order valence-electron chi connectivity index (χ1n) is 5.28. The smallest absolute Gasteiger partial charge is 0.321 e. The zero-order valence-electron chi connectivity index (χ0n) is 10.6. The number of hydrogen-bond acceptors (Lipinski definition) is 5. The van der Waals surface area contributed by atoms with E-state index in [1.165, 1.54) is 12.0 Å². The van der Waals surface area contributed by atoms with Crippen molar-refractivity contribution in [1.82, 2.24) is 15.5 Å². The van der Waals surface area contributed by atoms with Crippen molar-refractivity contribution in [2.45, 2.75) is 19.9 Å². The lowest BCUT2D eigenvalue weighted by Crippen LogP contribution is -2.49. The molecule has 0 spiro atoms. The van der Waals surface area contributed by atoms with Crippen LogP contribution in [-0.2, 0) is 14.3 Å². The van der Waals surface area contributed by atoms with Gasteiger partial charge in [0, 0.05) is 6.54 Å². The van der Waals surface area contributed by atoms with Gasteiger partial charge in [0.05, 0.1) is 19.7 Å². The summed E-state index contributed by atoms with van der Waals surface area (Å²) in [5.74, 6) is -0.910. The largest absolute Gasteiger partial charge is 0.468 e. The SMILES string of the molecule is CCNC(=O)NC(=O)C(C)N(C)CC(=O)OC. The number of amides is 3. The van der Waals surface area contributed by atoms with E-state index in [1.54, 1.807) is 20.9 Å². The molecule has 0 aromatic rings. The Labute approximate surface area is 100 Å². The molecular formula is C10H19N3O4. The fraction of sp³-hybridized carbons (Fsp3) is 0.700. The minimum atomic E-state index is -0.600. The Morgan fingerprint density at radius 3 is 2.41 bits per heavy atom. The molecule has 0 aliphatic heterocycles. The van der Waals surface area contributed by atoms with Gasteiger partial charge in [-0.05, 0) is 20.9 Å². The van der Waals surface area contributed by atoms with E-state index < -0.39 is 23.9 Å². The Kier molecular flexibility index (Phi) is 6.88.